The van der Waals surface area contributed by atoms with Crippen LogP contribution >= 0.6 is 0 Å². The minimum absolute atomic E-state index is 0.112. The smallest absolute Gasteiger partial charge is 0.273 e. The van der Waals surface area contributed by atoms with Crippen LogP contribution in [0.15, 0.2) is 48.5 Å². The molecule has 0 saturated heterocycles. The Morgan fingerprint density at radius 1 is 1.00 bits per heavy atom. The lowest BCUT2D eigenvalue weighted by Crippen LogP contribution is -2.41. The molecule has 0 heterocycles. The number of nitriles is 1. The molecular weight excluding hydrogens is 371 g/mol. The van der Waals surface area contributed by atoms with Crippen molar-refractivity contribution in [1.29, 1.82) is 5.26 Å². The highest BCUT2D eigenvalue weighted by Gasteiger charge is 2.29. The lowest BCUT2D eigenvalue weighted by molar-refractivity contribution is -0.137. The Hall–Kier alpha value is -3.34. The van der Waals surface area contributed by atoms with Gasteiger partial charge in [0.1, 0.15) is 0 Å². The summed E-state index contributed by atoms with van der Waals surface area (Å²) in [7, 11) is 0. The van der Waals surface area contributed by atoms with Crippen molar-refractivity contribution in [1.82, 2.24) is 10.9 Å². The fourth-order valence-electron chi connectivity index (χ4n) is 2.51. The van der Waals surface area contributed by atoms with Crippen molar-refractivity contribution >= 4 is 11.8 Å². The molecule has 0 unspecified atom stereocenters. The van der Waals surface area contributed by atoms with E-state index in [-0.39, 0.29) is 19.3 Å². The van der Waals surface area contributed by atoms with Crippen molar-refractivity contribution in [3.8, 4) is 6.07 Å². The highest BCUT2D eigenvalue weighted by Crippen LogP contribution is 2.29. The predicted octanol–water partition coefficient (Wildman–Crippen LogP) is 3.75. The van der Waals surface area contributed by atoms with E-state index in [0.717, 1.165) is 12.1 Å². The third-order valence-corrected chi connectivity index (χ3v) is 3.95. The number of hydrazine groups is 1. The van der Waals surface area contributed by atoms with Crippen molar-refractivity contribution in [2.75, 3.05) is 0 Å². The molecule has 0 aliphatic carbocycles. The Labute approximate surface area is 160 Å². The van der Waals surface area contributed by atoms with Crippen LogP contribution in [0.2, 0.25) is 0 Å². The van der Waals surface area contributed by atoms with Gasteiger partial charge in [-0.05, 0) is 42.2 Å². The highest BCUT2D eigenvalue weighted by atomic mass is 19.4. The molecule has 8 heteroatoms. The Balaban J connectivity index is 2.03. The Morgan fingerprint density at radius 2 is 1.68 bits per heavy atom. The third kappa shape index (κ3) is 6.13. The number of alkyl halides is 3. The van der Waals surface area contributed by atoms with Crippen LogP contribution in [0.1, 0.15) is 46.3 Å². The molecule has 0 aromatic heterocycles. The summed E-state index contributed by atoms with van der Waals surface area (Å²) in [5, 5.41) is 8.45. The molecule has 2 aromatic rings. The summed E-state index contributed by atoms with van der Waals surface area (Å²) in [5.41, 5.74) is 5.39. The van der Waals surface area contributed by atoms with Gasteiger partial charge in [-0.25, -0.2) is 0 Å². The molecule has 146 valence electrons. The zero-order valence-electron chi connectivity index (χ0n) is 14.8. The molecule has 2 amide bonds. The molecule has 5 nitrogen and oxygen atoms in total. The van der Waals surface area contributed by atoms with Crippen molar-refractivity contribution in [3.05, 3.63) is 70.8 Å². The van der Waals surface area contributed by atoms with Crippen LogP contribution in [0.25, 0.3) is 0 Å². The molecule has 0 bridgehead atoms. The van der Waals surface area contributed by atoms with Gasteiger partial charge in [0, 0.05) is 18.4 Å². The first kappa shape index (κ1) is 21.0. The molecule has 0 spiro atoms. The summed E-state index contributed by atoms with van der Waals surface area (Å²) in [6.45, 7) is 0. The summed E-state index contributed by atoms with van der Waals surface area (Å²) in [6.07, 6.45) is -3.39. The molecule has 2 N–H and O–H groups in total. The number of nitrogens with zero attached hydrogens (tertiary/aromatic N) is 1. The van der Waals surface area contributed by atoms with Crippen LogP contribution < -0.4 is 10.9 Å². The number of carbonyl (C=O) groups is 2. The Bertz CT molecular complexity index is 872. The maximum Gasteiger partial charge on any atom is 0.416 e. The number of hydrogen-bond donors (Lipinski definition) is 2. The zero-order chi connectivity index (χ0) is 20.6. The average molecular weight is 389 g/mol. The summed E-state index contributed by atoms with van der Waals surface area (Å²) in [4.78, 5) is 24.0. The van der Waals surface area contributed by atoms with Gasteiger partial charge < -0.3 is 0 Å². The van der Waals surface area contributed by atoms with Gasteiger partial charge in [0.2, 0.25) is 5.91 Å². The van der Waals surface area contributed by atoms with E-state index in [4.69, 9.17) is 5.26 Å². The van der Waals surface area contributed by atoms with E-state index in [2.05, 4.69) is 10.9 Å². The van der Waals surface area contributed by atoms with Gasteiger partial charge >= 0.3 is 6.18 Å². The van der Waals surface area contributed by atoms with Crippen LogP contribution in [0, 0.1) is 11.3 Å². The van der Waals surface area contributed by atoms with E-state index >= 15 is 0 Å². The van der Waals surface area contributed by atoms with Crippen LogP contribution in [-0.2, 0) is 17.4 Å². The largest absolute Gasteiger partial charge is 0.416 e. The van der Waals surface area contributed by atoms with Gasteiger partial charge in [-0.15, -0.1) is 0 Å². The fourth-order valence-corrected chi connectivity index (χ4v) is 2.51. The summed E-state index contributed by atoms with van der Waals surface area (Å²) < 4.78 is 38.0. The third-order valence-electron chi connectivity index (χ3n) is 3.95. The van der Waals surface area contributed by atoms with E-state index in [1.165, 1.54) is 12.1 Å². The van der Waals surface area contributed by atoms with E-state index in [1.807, 2.05) is 6.07 Å². The second kappa shape index (κ2) is 9.55. The van der Waals surface area contributed by atoms with Gasteiger partial charge in [-0.1, -0.05) is 30.3 Å². The van der Waals surface area contributed by atoms with E-state index in [1.54, 1.807) is 24.3 Å². The molecule has 2 rings (SSSR count). The number of benzene rings is 2. The van der Waals surface area contributed by atoms with Crippen molar-refractivity contribution < 1.29 is 22.8 Å². The zero-order valence-corrected chi connectivity index (χ0v) is 14.8. The SMILES string of the molecule is N#CCCCC(=O)NNC(=O)c1ccccc1Cc1ccc(C(F)(F)F)cc1. The second-order valence-corrected chi connectivity index (χ2v) is 6.04. The normalized spacial score (nSPS) is 10.8. The van der Waals surface area contributed by atoms with Crippen molar-refractivity contribution in [2.45, 2.75) is 31.9 Å². The van der Waals surface area contributed by atoms with E-state index in [0.29, 0.717) is 23.1 Å². The lowest BCUT2D eigenvalue weighted by atomic mass is 9.98. The minimum Gasteiger partial charge on any atom is -0.273 e. The molecule has 2 aromatic carbocycles. The summed E-state index contributed by atoms with van der Waals surface area (Å²) in [5.74, 6) is -0.944. The maximum absolute atomic E-state index is 12.7. The topological polar surface area (TPSA) is 82.0 Å². The van der Waals surface area contributed by atoms with E-state index < -0.39 is 23.6 Å². The number of halogens is 3. The molecule has 0 fully saturated rings. The number of amides is 2. The molecule has 0 saturated carbocycles. The summed E-state index contributed by atoms with van der Waals surface area (Å²) in [6, 6.07) is 13.3. The van der Waals surface area contributed by atoms with Gasteiger partial charge in [-0.3, -0.25) is 20.4 Å². The van der Waals surface area contributed by atoms with Crippen LogP contribution in [-0.4, -0.2) is 11.8 Å². The Kier molecular flexibility index (Phi) is 7.15. The summed E-state index contributed by atoms with van der Waals surface area (Å²) >= 11 is 0. The van der Waals surface area contributed by atoms with Gasteiger partial charge in [-0.2, -0.15) is 18.4 Å². The standard InChI is InChI=1S/C20H18F3N3O2/c21-20(22,23)16-10-8-14(9-11-16)13-15-5-1-2-6-17(15)19(28)26-25-18(27)7-3-4-12-24/h1-2,5-6,8-11H,3-4,7,13H2,(H,25,27)(H,26,28). The second-order valence-electron chi connectivity index (χ2n) is 6.04. The molecule has 0 aliphatic heterocycles. The van der Waals surface area contributed by atoms with Gasteiger partial charge in [0.15, 0.2) is 0 Å². The first-order valence-electron chi connectivity index (χ1n) is 8.51. The van der Waals surface area contributed by atoms with Crippen LogP contribution in [0.5, 0.6) is 0 Å². The Morgan fingerprint density at radius 3 is 2.32 bits per heavy atom. The fraction of sp³-hybridized carbons (Fsp3) is 0.250. The lowest BCUT2D eigenvalue weighted by Gasteiger charge is -2.12. The predicted molar refractivity (Wildman–Crippen MR) is 95.8 cm³/mol. The molecule has 0 radical (unpaired) electrons. The first-order valence-corrected chi connectivity index (χ1v) is 8.51. The van der Waals surface area contributed by atoms with Crippen LogP contribution in [0.3, 0.4) is 0 Å². The highest BCUT2D eigenvalue weighted by molar-refractivity contribution is 5.96. The first-order chi connectivity index (χ1) is 13.3. The maximum atomic E-state index is 12.7. The monoisotopic (exact) mass is 389 g/mol. The number of unbranched alkanes of at least 4 members (excludes halogenated alkanes) is 1. The van der Waals surface area contributed by atoms with Crippen LogP contribution in [0.4, 0.5) is 13.2 Å². The van der Waals surface area contributed by atoms with Crippen molar-refractivity contribution in [2.24, 2.45) is 0 Å². The minimum atomic E-state index is -4.40. The average Bonchev–Trinajstić information content (AvgIpc) is 2.66. The number of carbonyl (C=O) groups excluding carboxylic acids is 2. The molecule has 0 aliphatic rings. The molecule has 0 atom stereocenters. The number of rotatable bonds is 6. The molecule has 28 heavy (non-hydrogen) atoms. The molecular formula is C20H18F3N3O2. The van der Waals surface area contributed by atoms with E-state index in [9.17, 15) is 22.8 Å². The van der Waals surface area contributed by atoms with Gasteiger partial charge in [0.25, 0.3) is 5.91 Å². The quantitative estimate of drug-likeness (QED) is 0.583. The number of nitrogens with one attached hydrogen (secondary N) is 2. The van der Waals surface area contributed by atoms with Gasteiger partial charge in [0.05, 0.1) is 11.6 Å². The van der Waals surface area contributed by atoms with Crippen molar-refractivity contribution in [3.63, 3.8) is 0 Å². The number of hydrogen-bond acceptors (Lipinski definition) is 3.